The molecule has 2 N–H and O–H groups in total. The van der Waals surface area contributed by atoms with Gasteiger partial charge in [-0.1, -0.05) is 53.7 Å². The molecule has 5 unspecified atom stereocenters. The Hall–Kier alpha value is -0.340. The van der Waals surface area contributed by atoms with Crippen molar-refractivity contribution in [2.45, 2.75) is 119 Å². The minimum atomic E-state index is -0.118. The van der Waals surface area contributed by atoms with Crippen LogP contribution in [-0.2, 0) is 0 Å². The van der Waals surface area contributed by atoms with E-state index in [1.165, 1.54) is 63.4 Å². The average molecular weight is 459 g/mol. The summed E-state index contributed by atoms with van der Waals surface area (Å²) >= 11 is 0. The Morgan fingerprint density at radius 3 is 2.03 bits per heavy atom. The van der Waals surface area contributed by atoms with Crippen LogP contribution in [0.3, 0.4) is 0 Å². The lowest BCUT2D eigenvalue weighted by molar-refractivity contribution is -0.246. The summed E-state index contributed by atoms with van der Waals surface area (Å²) < 4.78 is 0. The molecule has 0 aromatic heterocycles. The lowest BCUT2D eigenvalue weighted by Crippen LogP contribution is -2.66. The van der Waals surface area contributed by atoms with Crippen LogP contribution in [0.5, 0.6) is 0 Å². The Balaban J connectivity index is 0.00000126. The second kappa shape index (κ2) is 8.09. The zero-order valence-electron chi connectivity index (χ0n) is 23.1. The summed E-state index contributed by atoms with van der Waals surface area (Å²) in [5.41, 5.74) is 3.38. The largest absolute Gasteiger partial charge is 0.400 e. The molecule has 5 saturated carbocycles. The van der Waals surface area contributed by atoms with E-state index in [0.29, 0.717) is 27.6 Å². The minimum Gasteiger partial charge on any atom is -0.400 e. The molecule has 0 bridgehead atoms. The van der Waals surface area contributed by atoms with Gasteiger partial charge in [0.05, 0.1) is 6.10 Å². The average Bonchev–Trinajstić information content (AvgIpc) is 3.11. The van der Waals surface area contributed by atoms with Crippen LogP contribution in [0.2, 0.25) is 0 Å². The molecule has 5 rings (SSSR count). The van der Waals surface area contributed by atoms with E-state index >= 15 is 0 Å². The van der Waals surface area contributed by atoms with Crippen molar-refractivity contribution in [3.8, 4) is 0 Å². The third kappa shape index (κ3) is 3.24. The molecule has 2 nitrogen and oxygen atoms in total. The molecule has 0 aromatic rings. The first kappa shape index (κ1) is 25.7. The van der Waals surface area contributed by atoms with Crippen LogP contribution < -0.4 is 0 Å². The Kier molecular flexibility index (Phi) is 6.31. The number of fused-ring (bicyclic) bond motifs is 7. The number of rotatable bonds is 1. The van der Waals surface area contributed by atoms with Gasteiger partial charge in [-0.3, -0.25) is 0 Å². The van der Waals surface area contributed by atoms with Crippen molar-refractivity contribution in [3.05, 3.63) is 12.2 Å². The fourth-order valence-corrected chi connectivity index (χ4v) is 11.5. The van der Waals surface area contributed by atoms with Crippen molar-refractivity contribution >= 4 is 0 Å². The number of allylic oxidation sites excluding steroid dienone is 1. The van der Waals surface area contributed by atoms with Gasteiger partial charge in [-0.05, 0) is 128 Å². The summed E-state index contributed by atoms with van der Waals surface area (Å²) in [6.07, 6.45) is 13.4. The molecule has 0 saturated heterocycles. The van der Waals surface area contributed by atoms with Gasteiger partial charge < -0.3 is 10.2 Å². The molecule has 0 amide bonds. The number of aliphatic hydroxyl groups is 2. The van der Waals surface area contributed by atoms with Crippen molar-refractivity contribution < 1.29 is 10.2 Å². The Bertz CT molecular complexity index is 771. The van der Waals surface area contributed by atoms with Crippen LogP contribution in [0, 0.1) is 56.7 Å². The standard InChI is InChI=1S/C30H50O.CH4O/c1-19(2)20-11-14-27(5)17-18-29(7)21(25(20)27)9-10-23-28(6)15-13-24(31)26(3,4)22(28)12-16-30(23,29)8;1-2/h20-25,31H,1,9-18H2,2-8H3;2H,1H3/t20?,21?,22?,23?,24-,25?,27+,28-,29-,30+;/m0./s1. The molecule has 5 aliphatic carbocycles. The van der Waals surface area contributed by atoms with E-state index in [0.717, 1.165) is 37.2 Å². The maximum atomic E-state index is 10.9. The highest BCUT2D eigenvalue weighted by molar-refractivity contribution is 5.21. The highest BCUT2D eigenvalue weighted by Gasteiger charge is 2.70. The summed E-state index contributed by atoms with van der Waals surface area (Å²) in [5.74, 6) is 3.98. The van der Waals surface area contributed by atoms with Gasteiger partial charge >= 0.3 is 0 Å². The van der Waals surface area contributed by atoms with Gasteiger partial charge in [-0.25, -0.2) is 0 Å². The quantitative estimate of drug-likeness (QED) is 0.396. The van der Waals surface area contributed by atoms with Gasteiger partial charge in [-0.15, -0.1) is 0 Å². The molecule has 0 aliphatic heterocycles. The van der Waals surface area contributed by atoms with Crippen molar-refractivity contribution in [3.63, 3.8) is 0 Å². The Labute approximate surface area is 205 Å². The van der Waals surface area contributed by atoms with E-state index in [1.807, 2.05) is 0 Å². The fourth-order valence-electron chi connectivity index (χ4n) is 11.5. The zero-order valence-corrected chi connectivity index (χ0v) is 23.1. The molecular weight excluding hydrogens is 404 g/mol. The van der Waals surface area contributed by atoms with Gasteiger partial charge in [0, 0.05) is 7.11 Å². The van der Waals surface area contributed by atoms with Crippen LogP contribution >= 0.6 is 0 Å². The molecule has 0 spiro atoms. The molecule has 0 aromatic carbocycles. The predicted molar refractivity (Wildman–Crippen MR) is 139 cm³/mol. The third-order valence-electron chi connectivity index (χ3n) is 13.5. The number of aliphatic hydroxyl groups excluding tert-OH is 2. The van der Waals surface area contributed by atoms with E-state index in [9.17, 15) is 5.11 Å². The van der Waals surface area contributed by atoms with Crippen LogP contribution in [0.25, 0.3) is 0 Å². The topological polar surface area (TPSA) is 40.5 Å². The Morgan fingerprint density at radius 2 is 1.39 bits per heavy atom. The van der Waals surface area contributed by atoms with E-state index in [1.54, 1.807) is 0 Å². The van der Waals surface area contributed by atoms with Crippen molar-refractivity contribution in [1.82, 2.24) is 0 Å². The molecular formula is C31H54O2. The summed E-state index contributed by atoms with van der Waals surface area (Å²) in [4.78, 5) is 0. The van der Waals surface area contributed by atoms with Gasteiger partial charge in [0.15, 0.2) is 0 Å². The first-order chi connectivity index (χ1) is 15.3. The fraction of sp³-hybridized carbons (Fsp3) is 0.935. The smallest absolute Gasteiger partial charge is 0.0594 e. The molecule has 2 heteroatoms. The Morgan fingerprint density at radius 1 is 0.727 bits per heavy atom. The van der Waals surface area contributed by atoms with Crippen LogP contribution in [0.1, 0.15) is 113 Å². The highest BCUT2D eigenvalue weighted by atomic mass is 16.3. The molecule has 190 valence electrons. The van der Waals surface area contributed by atoms with E-state index in [2.05, 4.69) is 55.0 Å². The summed E-state index contributed by atoms with van der Waals surface area (Å²) in [7, 11) is 1.00. The molecule has 33 heavy (non-hydrogen) atoms. The normalized spacial score (nSPS) is 54.6. The molecule has 0 radical (unpaired) electrons. The van der Waals surface area contributed by atoms with E-state index in [4.69, 9.17) is 5.11 Å². The summed E-state index contributed by atoms with van der Waals surface area (Å²) in [6.45, 7) is 22.3. The van der Waals surface area contributed by atoms with Crippen molar-refractivity contribution in [2.24, 2.45) is 56.7 Å². The first-order valence-electron chi connectivity index (χ1n) is 14.1. The molecule has 10 atom stereocenters. The lowest BCUT2D eigenvalue weighted by atomic mass is 9.32. The molecule has 0 heterocycles. The monoisotopic (exact) mass is 458 g/mol. The van der Waals surface area contributed by atoms with Gasteiger partial charge in [-0.2, -0.15) is 0 Å². The SMILES string of the molecule is C=C(C)C1CC[C@]2(C)CC[C@@]3(C)C(CCC4[C@@]5(C)CC[C@H](O)C(C)(C)C5CC[C@]43C)C12.CO. The maximum Gasteiger partial charge on any atom is 0.0594 e. The van der Waals surface area contributed by atoms with Crippen LogP contribution in [0.4, 0.5) is 0 Å². The van der Waals surface area contributed by atoms with E-state index < -0.39 is 0 Å². The molecule has 5 fully saturated rings. The summed E-state index contributed by atoms with van der Waals surface area (Å²) in [6, 6.07) is 0. The van der Waals surface area contributed by atoms with Gasteiger partial charge in [0.2, 0.25) is 0 Å². The number of hydrogen-bond donors (Lipinski definition) is 2. The minimum absolute atomic E-state index is 0.0632. The van der Waals surface area contributed by atoms with E-state index in [-0.39, 0.29) is 11.5 Å². The lowest BCUT2D eigenvalue weighted by Gasteiger charge is -2.73. The van der Waals surface area contributed by atoms with Crippen molar-refractivity contribution in [1.29, 1.82) is 0 Å². The first-order valence-corrected chi connectivity index (χ1v) is 14.1. The molecule has 5 aliphatic rings. The maximum absolute atomic E-state index is 10.9. The van der Waals surface area contributed by atoms with Crippen LogP contribution in [0.15, 0.2) is 12.2 Å². The van der Waals surface area contributed by atoms with Gasteiger partial charge in [0.1, 0.15) is 0 Å². The number of hydrogen-bond acceptors (Lipinski definition) is 2. The third-order valence-corrected chi connectivity index (χ3v) is 13.5. The predicted octanol–water partition coefficient (Wildman–Crippen LogP) is 7.63. The second-order valence-corrected chi connectivity index (χ2v) is 14.7. The van der Waals surface area contributed by atoms with Gasteiger partial charge in [0.25, 0.3) is 0 Å². The summed E-state index contributed by atoms with van der Waals surface area (Å²) in [5, 5.41) is 17.9. The van der Waals surface area contributed by atoms with Crippen molar-refractivity contribution in [2.75, 3.05) is 7.11 Å². The zero-order chi connectivity index (χ0) is 24.6. The highest BCUT2D eigenvalue weighted by Crippen LogP contribution is 2.77. The van der Waals surface area contributed by atoms with Crippen LogP contribution in [-0.4, -0.2) is 23.4 Å². The second-order valence-electron chi connectivity index (χ2n) is 14.7.